The summed E-state index contributed by atoms with van der Waals surface area (Å²) in [6, 6.07) is 16.0. The first-order chi connectivity index (χ1) is 10.3. The summed E-state index contributed by atoms with van der Waals surface area (Å²) in [5.41, 5.74) is 3.44. The van der Waals surface area contributed by atoms with Crippen LogP contribution in [0, 0.1) is 0 Å². The summed E-state index contributed by atoms with van der Waals surface area (Å²) in [6.45, 7) is 2.95. The van der Waals surface area contributed by atoms with Crippen molar-refractivity contribution in [3.8, 4) is 5.75 Å². The number of fused-ring (bicyclic) bond motifs is 1. The number of rotatable bonds is 5. The number of aromatic nitrogens is 1. The minimum absolute atomic E-state index is 0.136. The number of hydrogen-bond acceptors (Lipinski definition) is 2. The summed E-state index contributed by atoms with van der Waals surface area (Å²) < 4.78 is 0. The van der Waals surface area contributed by atoms with Crippen molar-refractivity contribution < 1.29 is 5.11 Å². The zero-order valence-corrected chi connectivity index (χ0v) is 12.1. The molecular formula is C18H20N2O. The topological polar surface area (TPSA) is 48.0 Å². The molecule has 21 heavy (non-hydrogen) atoms. The van der Waals surface area contributed by atoms with Crippen LogP contribution < -0.4 is 5.32 Å². The fourth-order valence-electron chi connectivity index (χ4n) is 2.73. The molecule has 3 heteroatoms. The normalized spacial score (nSPS) is 12.6. The van der Waals surface area contributed by atoms with E-state index in [-0.39, 0.29) is 6.04 Å². The maximum absolute atomic E-state index is 9.86. The monoisotopic (exact) mass is 280 g/mol. The van der Waals surface area contributed by atoms with Gasteiger partial charge in [-0.15, -0.1) is 0 Å². The second-order valence-electron chi connectivity index (χ2n) is 5.34. The molecule has 0 spiro atoms. The van der Waals surface area contributed by atoms with Crippen molar-refractivity contribution in [2.45, 2.75) is 19.4 Å². The minimum atomic E-state index is 0.136. The molecule has 108 valence electrons. The molecule has 3 N–H and O–H groups in total. The number of H-pyrrole nitrogens is 1. The molecule has 1 aromatic heterocycles. The van der Waals surface area contributed by atoms with E-state index in [2.05, 4.69) is 41.6 Å². The van der Waals surface area contributed by atoms with Crippen molar-refractivity contribution in [2.24, 2.45) is 0 Å². The molecule has 0 saturated heterocycles. The molecule has 1 unspecified atom stereocenters. The van der Waals surface area contributed by atoms with Crippen LogP contribution in [0.1, 0.15) is 24.1 Å². The molecule has 0 aliphatic carbocycles. The van der Waals surface area contributed by atoms with Gasteiger partial charge in [0.2, 0.25) is 0 Å². The van der Waals surface area contributed by atoms with Gasteiger partial charge in [-0.05, 0) is 37.6 Å². The maximum atomic E-state index is 9.86. The van der Waals surface area contributed by atoms with Crippen LogP contribution in [0.5, 0.6) is 5.75 Å². The van der Waals surface area contributed by atoms with E-state index in [0.717, 1.165) is 18.5 Å². The Hall–Kier alpha value is -2.26. The van der Waals surface area contributed by atoms with Gasteiger partial charge >= 0.3 is 0 Å². The largest absolute Gasteiger partial charge is 0.508 e. The highest BCUT2D eigenvalue weighted by molar-refractivity contribution is 5.83. The van der Waals surface area contributed by atoms with E-state index in [1.807, 2.05) is 24.3 Å². The molecule has 0 saturated carbocycles. The average molecular weight is 280 g/mol. The molecule has 3 nitrogen and oxygen atoms in total. The maximum Gasteiger partial charge on any atom is 0.120 e. The Balaban J connectivity index is 1.62. The number of benzene rings is 2. The number of phenolic OH excluding ortho intramolecular Hbond substituents is 1. The Bertz CT molecular complexity index is 733. The third kappa shape index (κ3) is 2.93. The van der Waals surface area contributed by atoms with Crippen LogP contribution in [0.15, 0.2) is 54.7 Å². The third-order valence-corrected chi connectivity index (χ3v) is 3.92. The first-order valence-corrected chi connectivity index (χ1v) is 7.32. The molecule has 2 aromatic carbocycles. The molecule has 0 bridgehead atoms. The van der Waals surface area contributed by atoms with Crippen LogP contribution in [0.25, 0.3) is 10.9 Å². The predicted octanol–water partition coefficient (Wildman–Crippen LogP) is 3.77. The smallest absolute Gasteiger partial charge is 0.120 e. The molecule has 3 aromatic rings. The van der Waals surface area contributed by atoms with Gasteiger partial charge in [0.05, 0.1) is 0 Å². The molecule has 1 heterocycles. The SMILES string of the molecule is CC(NCCc1c[nH]c2ccccc12)c1ccccc1O. The van der Waals surface area contributed by atoms with Crippen LogP contribution >= 0.6 is 0 Å². The van der Waals surface area contributed by atoms with Crippen molar-refractivity contribution in [2.75, 3.05) is 6.54 Å². The van der Waals surface area contributed by atoms with E-state index in [1.165, 1.54) is 16.5 Å². The van der Waals surface area contributed by atoms with Crippen molar-refractivity contribution in [3.63, 3.8) is 0 Å². The van der Waals surface area contributed by atoms with Gasteiger partial charge in [0, 0.05) is 28.7 Å². The summed E-state index contributed by atoms with van der Waals surface area (Å²) in [6.07, 6.45) is 3.04. The lowest BCUT2D eigenvalue weighted by Gasteiger charge is -2.15. The van der Waals surface area contributed by atoms with Crippen molar-refractivity contribution in [3.05, 3.63) is 65.9 Å². The van der Waals surface area contributed by atoms with Gasteiger partial charge in [0.25, 0.3) is 0 Å². The summed E-state index contributed by atoms with van der Waals surface area (Å²) in [5.74, 6) is 0.351. The van der Waals surface area contributed by atoms with E-state index in [4.69, 9.17) is 0 Å². The van der Waals surface area contributed by atoms with Gasteiger partial charge in [-0.1, -0.05) is 36.4 Å². The summed E-state index contributed by atoms with van der Waals surface area (Å²) in [7, 11) is 0. The van der Waals surface area contributed by atoms with Crippen molar-refractivity contribution in [1.82, 2.24) is 10.3 Å². The first-order valence-electron chi connectivity index (χ1n) is 7.32. The zero-order chi connectivity index (χ0) is 14.7. The highest BCUT2D eigenvalue weighted by Gasteiger charge is 2.09. The fraction of sp³-hybridized carbons (Fsp3) is 0.222. The lowest BCUT2D eigenvalue weighted by molar-refractivity contribution is 0.453. The van der Waals surface area contributed by atoms with E-state index in [0.29, 0.717) is 5.75 Å². The van der Waals surface area contributed by atoms with Crippen LogP contribution in [-0.4, -0.2) is 16.6 Å². The molecule has 0 amide bonds. The fourth-order valence-corrected chi connectivity index (χ4v) is 2.73. The second-order valence-corrected chi connectivity index (χ2v) is 5.34. The lowest BCUT2D eigenvalue weighted by Crippen LogP contribution is -2.21. The van der Waals surface area contributed by atoms with E-state index < -0.39 is 0 Å². The van der Waals surface area contributed by atoms with E-state index in [1.54, 1.807) is 6.07 Å². The Kier molecular flexibility index (Phi) is 3.93. The van der Waals surface area contributed by atoms with Gasteiger partial charge in [-0.2, -0.15) is 0 Å². The Morgan fingerprint density at radius 2 is 1.86 bits per heavy atom. The van der Waals surface area contributed by atoms with Crippen LogP contribution in [0.4, 0.5) is 0 Å². The highest BCUT2D eigenvalue weighted by atomic mass is 16.3. The standard InChI is InChI=1S/C18H20N2O/c1-13(15-6-3-5-9-18(15)21)19-11-10-14-12-20-17-8-4-2-7-16(14)17/h2-9,12-13,19-21H,10-11H2,1H3. The number of aromatic hydroxyl groups is 1. The second kappa shape index (κ2) is 6.02. The van der Waals surface area contributed by atoms with Crippen LogP contribution in [-0.2, 0) is 6.42 Å². The number of para-hydroxylation sites is 2. The van der Waals surface area contributed by atoms with Gasteiger partial charge in [-0.25, -0.2) is 0 Å². The van der Waals surface area contributed by atoms with Crippen molar-refractivity contribution in [1.29, 1.82) is 0 Å². The summed E-state index contributed by atoms with van der Waals surface area (Å²) >= 11 is 0. The molecule has 0 aliphatic heterocycles. The van der Waals surface area contributed by atoms with Crippen molar-refractivity contribution >= 4 is 10.9 Å². The lowest BCUT2D eigenvalue weighted by atomic mass is 10.1. The average Bonchev–Trinajstić information content (AvgIpc) is 2.91. The molecule has 0 fully saturated rings. The molecule has 1 atom stereocenters. The molecule has 0 radical (unpaired) electrons. The van der Waals surface area contributed by atoms with Gasteiger partial charge in [-0.3, -0.25) is 0 Å². The van der Waals surface area contributed by atoms with Crippen LogP contribution in [0.2, 0.25) is 0 Å². The third-order valence-electron chi connectivity index (χ3n) is 3.92. The quantitative estimate of drug-likeness (QED) is 0.666. The Morgan fingerprint density at radius 1 is 1.10 bits per heavy atom. The van der Waals surface area contributed by atoms with Gasteiger partial charge < -0.3 is 15.4 Å². The van der Waals surface area contributed by atoms with Gasteiger partial charge in [0.1, 0.15) is 5.75 Å². The first kappa shape index (κ1) is 13.7. The number of nitrogens with one attached hydrogen (secondary N) is 2. The summed E-state index contributed by atoms with van der Waals surface area (Å²) in [5, 5.41) is 14.6. The van der Waals surface area contributed by atoms with Gasteiger partial charge in [0.15, 0.2) is 0 Å². The van der Waals surface area contributed by atoms with Crippen LogP contribution in [0.3, 0.4) is 0 Å². The highest BCUT2D eigenvalue weighted by Crippen LogP contribution is 2.23. The zero-order valence-electron chi connectivity index (χ0n) is 12.1. The number of phenols is 1. The molecular weight excluding hydrogens is 260 g/mol. The molecule has 3 rings (SSSR count). The van der Waals surface area contributed by atoms with E-state index >= 15 is 0 Å². The molecule has 0 aliphatic rings. The minimum Gasteiger partial charge on any atom is -0.508 e. The Morgan fingerprint density at radius 3 is 2.71 bits per heavy atom. The number of aromatic amines is 1. The summed E-state index contributed by atoms with van der Waals surface area (Å²) in [4.78, 5) is 3.30. The van der Waals surface area contributed by atoms with E-state index in [9.17, 15) is 5.11 Å². The number of hydrogen-bond donors (Lipinski definition) is 3. The Labute approximate surface area is 124 Å². The predicted molar refractivity (Wildman–Crippen MR) is 86.5 cm³/mol.